The first-order chi connectivity index (χ1) is 8.63. The second-order valence-corrected chi connectivity index (χ2v) is 4.36. The highest BCUT2D eigenvalue weighted by Gasteiger charge is 2.15. The average Bonchev–Trinajstić information content (AvgIpc) is 2.81. The van der Waals surface area contributed by atoms with Crippen LogP contribution >= 0.6 is 0 Å². The Kier molecular flexibility index (Phi) is 6.46. The van der Waals surface area contributed by atoms with E-state index in [0.717, 1.165) is 12.2 Å². The first kappa shape index (κ1) is 14.7. The maximum atomic E-state index is 11.7. The molecule has 2 N–H and O–H groups in total. The second-order valence-electron chi connectivity index (χ2n) is 4.36. The summed E-state index contributed by atoms with van der Waals surface area (Å²) < 4.78 is 10.1. The zero-order chi connectivity index (χ0) is 13.4. The molecule has 0 aliphatic carbocycles. The Morgan fingerprint density at radius 2 is 2.28 bits per heavy atom. The maximum Gasteiger partial charge on any atom is 0.236 e. The molecule has 5 nitrogen and oxygen atoms in total. The molecule has 0 saturated heterocycles. The number of hydrogen-bond acceptors (Lipinski definition) is 4. The first-order valence-electron chi connectivity index (χ1n) is 6.18. The van der Waals surface area contributed by atoms with Crippen LogP contribution in [-0.2, 0) is 16.0 Å². The molecule has 102 valence electrons. The Morgan fingerprint density at radius 1 is 1.50 bits per heavy atom. The lowest BCUT2D eigenvalue weighted by Crippen LogP contribution is -2.46. The van der Waals surface area contributed by atoms with Crippen LogP contribution in [0.5, 0.6) is 0 Å². The van der Waals surface area contributed by atoms with Crippen molar-refractivity contribution in [3.8, 4) is 0 Å². The molecule has 5 heteroatoms. The molecule has 1 heterocycles. The third-order valence-electron chi connectivity index (χ3n) is 2.62. The fraction of sp³-hybridized carbons (Fsp3) is 0.615. The molecule has 2 atom stereocenters. The number of carbonyl (C=O) groups is 1. The molecule has 0 spiro atoms. The third kappa shape index (κ3) is 5.33. The topological polar surface area (TPSA) is 63.5 Å². The third-order valence-corrected chi connectivity index (χ3v) is 2.62. The zero-order valence-corrected chi connectivity index (χ0v) is 11.2. The fourth-order valence-corrected chi connectivity index (χ4v) is 1.72. The Bertz CT molecular complexity index is 338. The van der Waals surface area contributed by atoms with Crippen LogP contribution in [0.2, 0.25) is 0 Å². The van der Waals surface area contributed by atoms with Crippen LogP contribution in [-0.4, -0.2) is 38.3 Å². The minimum absolute atomic E-state index is 0.0154. The van der Waals surface area contributed by atoms with E-state index in [2.05, 4.69) is 10.6 Å². The number of carbonyl (C=O) groups excluding carboxylic acids is 1. The molecule has 0 radical (unpaired) electrons. The normalized spacial score (nSPS) is 14.2. The Balaban J connectivity index is 2.25. The van der Waals surface area contributed by atoms with Crippen LogP contribution in [0.4, 0.5) is 0 Å². The molecule has 0 fully saturated rings. The maximum absolute atomic E-state index is 11.7. The summed E-state index contributed by atoms with van der Waals surface area (Å²) in [6.07, 6.45) is 2.42. The van der Waals surface area contributed by atoms with Crippen molar-refractivity contribution in [3.63, 3.8) is 0 Å². The predicted molar refractivity (Wildman–Crippen MR) is 69.4 cm³/mol. The Morgan fingerprint density at radius 3 is 2.89 bits per heavy atom. The lowest BCUT2D eigenvalue weighted by Gasteiger charge is -2.18. The standard InChI is InChI=1S/C13H22N2O3/c1-10(9-12-5-4-7-18-12)15-11(2)13(16)14-6-8-17-3/h4-5,7,10-11,15H,6,8-9H2,1-3H3,(H,14,16). The SMILES string of the molecule is COCCNC(=O)C(C)NC(C)Cc1ccco1. The fourth-order valence-electron chi connectivity index (χ4n) is 1.72. The number of rotatable bonds is 8. The van der Waals surface area contributed by atoms with Gasteiger partial charge in [-0.05, 0) is 26.0 Å². The van der Waals surface area contributed by atoms with E-state index < -0.39 is 0 Å². The van der Waals surface area contributed by atoms with E-state index in [1.54, 1.807) is 13.4 Å². The van der Waals surface area contributed by atoms with Crippen molar-refractivity contribution in [2.75, 3.05) is 20.3 Å². The van der Waals surface area contributed by atoms with Crippen LogP contribution in [0.15, 0.2) is 22.8 Å². The predicted octanol–water partition coefficient (Wildman–Crippen LogP) is 0.951. The van der Waals surface area contributed by atoms with Crippen LogP contribution in [0.25, 0.3) is 0 Å². The molecule has 1 aromatic heterocycles. The van der Waals surface area contributed by atoms with Gasteiger partial charge in [0.25, 0.3) is 0 Å². The van der Waals surface area contributed by atoms with Gasteiger partial charge < -0.3 is 19.8 Å². The lowest BCUT2D eigenvalue weighted by molar-refractivity contribution is -0.123. The number of nitrogens with one attached hydrogen (secondary N) is 2. The summed E-state index contributed by atoms with van der Waals surface area (Å²) in [5, 5.41) is 6.03. The summed E-state index contributed by atoms with van der Waals surface area (Å²) >= 11 is 0. The molecule has 0 saturated carbocycles. The summed E-state index contributed by atoms with van der Waals surface area (Å²) in [7, 11) is 1.61. The van der Waals surface area contributed by atoms with Gasteiger partial charge in [0.2, 0.25) is 5.91 Å². The van der Waals surface area contributed by atoms with Gasteiger partial charge in [-0.2, -0.15) is 0 Å². The van der Waals surface area contributed by atoms with Crippen molar-refractivity contribution in [3.05, 3.63) is 24.2 Å². The van der Waals surface area contributed by atoms with E-state index in [4.69, 9.17) is 9.15 Å². The van der Waals surface area contributed by atoms with E-state index in [1.807, 2.05) is 26.0 Å². The summed E-state index contributed by atoms with van der Waals surface area (Å²) in [6.45, 7) is 4.94. The molecule has 18 heavy (non-hydrogen) atoms. The summed E-state index contributed by atoms with van der Waals surface area (Å²) in [5.41, 5.74) is 0. The van der Waals surface area contributed by atoms with Gasteiger partial charge in [0.15, 0.2) is 0 Å². The highest BCUT2D eigenvalue weighted by Crippen LogP contribution is 2.04. The highest BCUT2D eigenvalue weighted by atomic mass is 16.5. The molecule has 0 aliphatic rings. The van der Waals surface area contributed by atoms with Gasteiger partial charge in [0.1, 0.15) is 5.76 Å². The molecule has 0 bridgehead atoms. The smallest absolute Gasteiger partial charge is 0.236 e. The van der Waals surface area contributed by atoms with E-state index in [1.165, 1.54) is 0 Å². The molecule has 0 aliphatic heterocycles. The molecule has 0 aromatic carbocycles. The minimum atomic E-state index is -0.230. The van der Waals surface area contributed by atoms with Crippen molar-refractivity contribution >= 4 is 5.91 Å². The molecular formula is C13H22N2O3. The minimum Gasteiger partial charge on any atom is -0.469 e. The largest absolute Gasteiger partial charge is 0.469 e. The van der Waals surface area contributed by atoms with E-state index in [-0.39, 0.29) is 18.0 Å². The lowest BCUT2D eigenvalue weighted by atomic mass is 10.1. The van der Waals surface area contributed by atoms with Gasteiger partial charge in [-0.3, -0.25) is 4.79 Å². The van der Waals surface area contributed by atoms with Crippen LogP contribution in [0, 0.1) is 0 Å². The van der Waals surface area contributed by atoms with Crippen molar-refractivity contribution in [1.29, 1.82) is 0 Å². The zero-order valence-electron chi connectivity index (χ0n) is 11.2. The monoisotopic (exact) mass is 254 g/mol. The van der Waals surface area contributed by atoms with Gasteiger partial charge in [0.05, 0.1) is 18.9 Å². The van der Waals surface area contributed by atoms with Gasteiger partial charge >= 0.3 is 0 Å². The van der Waals surface area contributed by atoms with E-state index >= 15 is 0 Å². The number of ether oxygens (including phenoxy) is 1. The molecule has 2 unspecified atom stereocenters. The van der Waals surface area contributed by atoms with Crippen LogP contribution in [0.3, 0.4) is 0 Å². The Labute approximate surface area is 108 Å². The Hall–Kier alpha value is -1.33. The van der Waals surface area contributed by atoms with Gasteiger partial charge in [-0.15, -0.1) is 0 Å². The van der Waals surface area contributed by atoms with E-state index in [0.29, 0.717) is 13.2 Å². The highest BCUT2D eigenvalue weighted by molar-refractivity contribution is 5.81. The van der Waals surface area contributed by atoms with Crippen LogP contribution < -0.4 is 10.6 Å². The first-order valence-corrected chi connectivity index (χ1v) is 6.18. The van der Waals surface area contributed by atoms with Crippen molar-refractivity contribution < 1.29 is 13.9 Å². The molecule has 1 amide bonds. The molecule has 1 aromatic rings. The molecule has 1 rings (SSSR count). The summed E-state index contributed by atoms with van der Waals surface area (Å²) in [5.74, 6) is 0.903. The van der Waals surface area contributed by atoms with Crippen molar-refractivity contribution in [2.24, 2.45) is 0 Å². The number of hydrogen-bond donors (Lipinski definition) is 2. The summed E-state index contributed by atoms with van der Waals surface area (Å²) in [4.78, 5) is 11.7. The number of amides is 1. The van der Waals surface area contributed by atoms with Crippen LogP contribution in [0.1, 0.15) is 19.6 Å². The summed E-state index contributed by atoms with van der Waals surface area (Å²) in [6, 6.07) is 3.75. The van der Waals surface area contributed by atoms with Gasteiger partial charge in [0, 0.05) is 26.1 Å². The second kappa shape index (κ2) is 7.89. The number of furan rings is 1. The van der Waals surface area contributed by atoms with Gasteiger partial charge in [-0.1, -0.05) is 0 Å². The number of methoxy groups -OCH3 is 1. The van der Waals surface area contributed by atoms with Gasteiger partial charge in [-0.25, -0.2) is 0 Å². The van der Waals surface area contributed by atoms with Crippen molar-refractivity contribution in [1.82, 2.24) is 10.6 Å². The average molecular weight is 254 g/mol. The van der Waals surface area contributed by atoms with Crippen molar-refractivity contribution in [2.45, 2.75) is 32.4 Å². The molecular weight excluding hydrogens is 232 g/mol. The quantitative estimate of drug-likeness (QED) is 0.678. The van der Waals surface area contributed by atoms with E-state index in [9.17, 15) is 4.79 Å².